The zero-order valence-corrected chi connectivity index (χ0v) is 77.3. The number of aliphatic hydroxyl groups excluding tert-OH is 1. The summed E-state index contributed by atoms with van der Waals surface area (Å²) in [5, 5.41) is 40.9. The predicted octanol–water partition coefficient (Wildman–Crippen LogP) is 24.8. The summed E-state index contributed by atoms with van der Waals surface area (Å²) in [6.07, 6.45) is -2.98. The highest BCUT2D eigenvalue weighted by Crippen LogP contribution is 2.47. The number of aryl methyl sites for hydroxylation is 3. The van der Waals surface area contributed by atoms with Crippen molar-refractivity contribution in [3.63, 3.8) is 0 Å². The van der Waals surface area contributed by atoms with Crippen LogP contribution in [0.5, 0.6) is 0 Å². The number of hydrogen-bond acceptors (Lipinski definition) is 10. The van der Waals surface area contributed by atoms with E-state index in [4.69, 9.17) is 23.7 Å². The largest absolute Gasteiger partial charge is 0.388 e. The van der Waals surface area contributed by atoms with Gasteiger partial charge in [-0.1, -0.05) is 491 Å². The van der Waals surface area contributed by atoms with E-state index in [1.54, 1.807) is 0 Å². The molecule has 1 heterocycles. The number of fused-ring (bicyclic) bond motifs is 3. The molecule has 0 amide bonds. The Morgan fingerprint density at radius 2 is 0.489 bits per heavy atom. The van der Waals surface area contributed by atoms with Crippen molar-refractivity contribution in [3.8, 4) is 0 Å². The molecule has 0 bridgehead atoms. The van der Waals surface area contributed by atoms with Gasteiger partial charge in [0, 0.05) is 38.4 Å². The normalized spacial score (nSPS) is 18.7. The molecule has 1 aliphatic heterocycles. The minimum Gasteiger partial charge on any atom is -0.388 e. The second kappa shape index (κ2) is 43.1. The van der Waals surface area contributed by atoms with E-state index in [1.807, 2.05) is 0 Å². The maximum atomic E-state index is 15.5. The number of hydrogen-bond donors (Lipinski definition) is 5. The Morgan fingerprint density at radius 3 is 0.781 bits per heavy atom. The molecule has 10 heteroatoms. The van der Waals surface area contributed by atoms with Gasteiger partial charge in [-0.2, -0.15) is 0 Å². The number of rotatable bonds is 38. The van der Waals surface area contributed by atoms with Crippen molar-refractivity contribution < 1.29 is 28.8 Å². The van der Waals surface area contributed by atoms with Gasteiger partial charge in [0.2, 0.25) is 0 Å². The van der Waals surface area contributed by atoms with Crippen molar-refractivity contribution in [3.05, 3.63) is 575 Å². The molecule has 0 aromatic heterocycles. The Balaban J connectivity index is 0.812. The van der Waals surface area contributed by atoms with Gasteiger partial charge in [0.25, 0.3) is 0 Å². The lowest BCUT2D eigenvalue weighted by Gasteiger charge is -2.54. The third-order valence-corrected chi connectivity index (χ3v) is 28.4. The van der Waals surface area contributed by atoms with Gasteiger partial charge < -0.3 is 28.8 Å². The zero-order chi connectivity index (χ0) is 92.3. The summed E-state index contributed by atoms with van der Waals surface area (Å²) in [5.74, 6) is 0. The Bertz CT molecular complexity index is 6440. The molecule has 0 unspecified atom stereocenters. The number of nitrogens with one attached hydrogen (secondary N) is 4. The minimum absolute atomic E-state index is 0.197. The molecule has 10 nitrogen and oxygen atoms in total. The molecule has 137 heavy (non-hydrogen) atoms. The van der Waals surface area contributed by atoms with Crippen LogP contribution in [0.4, 0.5) is 0 Å². The Hall–Kier alpha value is -13.7. The van der Waals surface area contributed by atoms with Crippen LogP contribution in [0.2, 0.25) is 0 Å². The van der Waals surface area contributed by atoms with Gasteiger partial charge in [0.05, 0.1) is 28.2 Å². The fourth-order valence-electron chi connectivity index (χ4n) is 21.8. The first-order valence-corrected chi connectivity index (χ1v) is 48.8. The van der Waals surface area contributed by atoms with Crippen molar-refractivity contribution in [1.82, 2.24) is 21.3 Å². The van der Waals surface area contributed by atoms with Gasteiger partial charge >= 0.3 is 0 Å². The Morgan fingerprint density at radius 1 is 0.248 bits per heavy atom. The third-order valence-electron chi connectivity index (χ3n) is 28.4. The lowest BCUT2D eigenvalue weighted by Crippen LogP contribution is -2.73. The molecular formula is C127H118N4O6. The first-order chi connectivity index (χ1) is 67.8. The zero-order valence-electron chi connectivity index (χ0n) is 77.3. The second-order valence-electron chi connectivity index (χ2n) is 36.7. The molecule has 2 fully saturated rings. The quantitative estimate of drug-likeness (QED) is 0.0189. The molecule has 2 aliphatic rings. The van der Waals surface area contributed by atoms with E-state index in [-0.39, 0.29) is 6.54 Å². The monoisotopic (exact) mass is 1790 g/mol. The summed E-state index contributed by atoms with van der Waals surface area (Å²) in [6.45, 7) is 1.14. The van der Waals surface area contributed by atoms with E-state index >= 15 is 5.11 Å². The highest BCUT2D eigenvalue weighted by molar-refractivity contribution is 5.85. The molecule has 682 valence electrons. The fraction of sp³-hybridized carbons (Fsp3) is 0.197. The lowest BCUT2D eigenvalue weighted by atomic mass is 9.72. The molecule has 0 spiro atoms. The SMILES string of the molecule is O[C@@H]1[C@@H](OCCCc2ccc3ccccc3c2)[C@H](NC(c2ccccc2)(c2ccccc2)c2ccccc2)C[C@H](NC(c2ccccc2)(c2ccccc2)c2ccccc2)[C@H]1O[C@H]1O[C@H](CNC(c2ccccc2)(c2ccccc2)c2ccccc2)[C@@H](OCCCc2ccc3ccccc3c2)[C@H](OCCCc2ccc3ccccc3c2)[C@H]1NC(c1ccccc1)(c1ccccc1)c1ccccc1. The van der Waals surface area contributed by atoms with Crippen LogP contribution < -0.4 is 21.3 Å². The van der Waals surface area contributed by atoms with Crippen LogP contribution >= 0.6 is 0 Å². The van der Waals surface area contributed by atoms with E-state index in [0.717, 1.165) is 86.0 Å². The standard InChI is InChI=1S/C127H118N4O6/c132-118-119(133-85-43-46-93-79-82-96-49-37-40-52-99(96)88-93)114(129-125(105-61-19-4-20-62-105,106-63-21-5-22-64-106)107-65-23-6-24-66-107)91-115(130-126(108-67-25-7-26-68-108,109-69-27-8-28-70-109)110-71-29-9-30-72-110)120(118)137-123-117(131-127(111-73-31-10-32-74-111,112-75-33-11-34-76-112)113-77-35-12-36-78-113)122(135-87-45-48-95-81-84-98-51-39-42-54-101(98)90-95)121(134-86-44-47-94-80-83-97-50-38-41-53-100(97)89-94)116(136-123)92-128-124(102-55-13-1-14-56-102,103-57-15-2-16-58-103)104-59-17-3-18-60-104/h1-42,49-84,88-90,114-123,128-132H,43-48,85-87,91-92H2/t114-,115+,116-,117-,118-,119+,120-,121-,122-,123-/m1/s1. The molecule has 18 aromatic carbocycles. The Labute approximate surface area is 806 Å². The summed E-state index contributed by atoms with van der Waals surface area (Å²) in [4.78, 5) is 0. The van der Waals surface area contributed by atoms with Crippen molar-refractivity contribution in [2.24, 2.45) is 0 Å². The molecule has 18 aromatic rings. The van der Waals surface area contributed by atoms with Crippen molar-refractivity contribution in [1.29, 1.82) is 0 Å². The van der Waals surface area contributed by atoms with Crippen molar-refractivity contribution in [2.45, 2.75) is 128 Å². The van der Waals surface area contributed by atoms with Crippen LogP contribution in [0.3, 0.4) is 0 Å². The van der Waals surface area contributed by atoms with E-state index in [1.165, 1.54) is 49.0 Å². The van der Waals surface area contributed by atoms with Crippen molar-refractivity contribution >= 4 is 32.3 Å². The third kappa shape index (κ3) is 19.6. The van der Waals surface area contributed by atoms with E-state index in [0.29, 0.717) is 45.5 Å². The van der Waals surface area contributed by atoms with Crippen LogP contribution in [0, 0.1) is 0 Å². The molecule has 20 rings (SSSR count). The number of aliphatic hydroxyl groups is 1. The van der Waals surface area contributed by atoms with Crippen LogP contribution in [-0.4, -0.2) is 92.5 Å². The Kier molecular flexibility index (Phi) is 28.7. The summed E-state index contributed by atoms with van der Waals surface area (Å²) in [5.41, 5.74) is 11.3. The van der Waals surface area contributed by atoms with Gasteiger partial charge in [-0.3, -0.25) is 21.3 Å². The maximum Gasteiger partial charge on any atom is 0.176 e. The van der Waals surface area contributed by atoms with Crippen LogP contribution in [-0.2, 0) is 65.1 Å². The van der Waals surface area contributed by atoms with Gasteiger partial charge in [0.1, 0.15) is 36.6 Å². The van der Waals surface area contributed by atoms with Crippen molar-refractivity contribution in [2.75, 3.05) is 26.4 Å². The first kappa shape index (κ1) is 91.1. The van der Waals surface area contributed by atoms with E-state index < -0.39 is 83.2 Å². The average Bonchev–Trinajstić information content (AvgIpc) is 0.741. The smallest absolute Gasteiger partial charge is 0.176 e. The molecule has 1 aliphatic carbocycles. The second-order valence-corrected chi connectivity index (χ2v) is 36.7. The van der Waals surface area contributed by atoms with Crippen LogP contribution in [0.1, 0.15) is 109 Å². The maximum absolute atomic E-state index is 15.5. The molecular weight excluding hydrogens is 1680 g/mol. The van der Waals surface area contributed by atoms with Gasteiger partial charge in [-0.15, -0.1) is 0 Å². The average molecular weight is 1800 g/mol. The summed E-state index contributed by atoms with van der Waals surface area (Å²) in [6, 6.07) is 173. The van der Waals surface area contributed by atoms with E-state index in [9.17, 15) is 0 Å². The number of ether oxygens (including phenoxy) is 5. The molecule has 1 saturated heterocycles. The minimum atomic E-state index is -1.44. The topological polar surface area (TPSA) is 115 Å². The molecule has 5 N–H and O–H groups in total. The number of benzene rings is 18. The highest BCUT2D eigenvalue weighted by Gasteiger charge is 2.58. The summed E-state index contributed by atoms with van der Waals surface area (Å²) in [7, 11) is 0. The fourth-order valence-corrected chi connectivity index (χ4v) is 21.8. The predicted molar refractivity (Wildman–Crippen MR) is 556 cm³/mol. The molecule has 1 saturated carbocycles. The van der Waals surface area contributed by atoms with Crippen LogP contribution in [0.25, 0.3) is 32.3 Å². The summed E-state index contributed by atoms with van der Waals surface area (Å²) < 4.78 is 41.6. The highest BCUT2D eigenvalue weighted by atomic mass is 16.7. The van der Waals surface area contributed by atoms with Gasteiger partial charge in [0.15, 0.2) is 6.29 Å². The summed E-state index contributed by atoms with van der Waals surface area (Å²) >= 11 is 0. The first-order valence-electron chi connectivity index (χ1n) is 48.8. The van der Waals surface area contributed by atoms with Crippen LogP contribution in [0.15, 0.2) is 491 Å². The van der Waals surface area contributed by atoms with Gasteiger partial charge in [-0.05, 0) is 161 Å². The van der Waals surface area contributed by atoms with Gasteiger partial charge in [-0.25, -0.2) is 0 Å². The molecule has 10 atom stereocenters. The molecule has 0 radical (unpaired) electrons. The lowest BCUT2D eigenvalue weighted by molar-refractivity contribution is -0.308. The van der Waals surface area contributed by atoms with E-state index in [2.05, 4.69) is 513 Å².